The van der Waals surface area contributed by atoms with Gasteiger partial charge < -0.3 is 10.3 Å². The van der Waals surface area contributed by atoms with Crippen molar-refractivity contribution in [2.75, 3.05) is 0 Å². The summed E-state index contributed by atoms with van der Waals surface area (Å²) in [5, 5.41) is 3.94. The lowest BCUT2D eigenvalue weighted by atomic mass is 10.0. The second-order valence-corrected chi connectivity index (χ2v) is 4.89. The fourth-order valence-corrected chi connectivity index (χ4v) is 1.89. The molecule has 2 aromatic rings. The van der Waals surface area contributed by atoms with Gasteiger partial charge in [0.15, 0.2) is 5.82 Å². The third kappa shape index (κ3) is 3.17. The first-order valence-corrected chi connectivity index (χ1v) is 6.18. The number of nitrogens with two attached hydrogens (primary N) is 1. The van der Waals surface area contributed by atoms with E-state index in [-0.39, 0.29) is 6.04 Å². The standard InChI is InChI=1S/C14H19N3O/c1-9-4-5-10(2)12(6-9)8-14-16-13(17-18-14)7-11(3)15/h4-6,11H,7-8,15H2,1-3H3. The number of aromatic nitrogens is 2. The molecule has 0 radical (unpaired) electrons. The molecule has 0 bridgehead atoms. The van der Waals surface area contributed by atoms with Crippen LogP contribution in [0.4, 0.5) is 0 Å². The zero-order chi connectivity index (χ0) is 13.1. The maximum Gasteiger partial charge on any atom is 0.231 e. The van der Waals surface area contributed by atoms with Crippen molar-refractivity contribution in [2.45, 2.75) is 39.7 Å². The van der Waals surface area contributed by atoms with Crippen LogP contribution in [-0.2, 0) is 12.8 Å². The van der Waals surface area contributed by atoms with Crippen molar-refractivity contribution in [3.8, 4) is 0 Å². The minimum Gasteiger partial charge on any atom is -0.339 e. The first kappa shape index (κ1) is 12.8. The third-order valence-electron chi connectivity index (χ3n) is 2.86. The van der Waals surface area contributed by atoms with Crippen LogP contribution in [0.3, 0.4) is 0 Å². The van der Waals surface area contributed by atoms with Gasteiger partial charge in [0.2, 0.25) is 5.89 Å². The van der Waals surface area contributed by atoms with E-state index in [2.05, 4.69) is 42.2 Å². The fourth-order valence-electron chi connectivity index (χ4n) is 1.89. The second kappa shape index (κ2) is 5.31. The lowest BCUT2D eigenvalue weighted by Gasteiger charge is -2.03. The van der Waals surface area contributed by atoms with Crippen LogP contribution >= 0.6 is 0 Å². The van der Waals surface area contributed by atoms with Gasteiger partial charge in [-0.1, -0.05) is 28.9 Å². The van der Waals surface area contributed by atoms with E-state index in [1.54, 1.807) is 0 Å². The number of aryl methyl sites for hydroxylation is 2. The van der Waals surface area contributed by atoms with E-state index >= 15 is 0 Å². The molecule has 96 valence electrons. The molecule has 2 N–H and O–H groups in total. The van der Waals surface area contributed by atoms with E-state index in [0.717, 1.165) is 0 Å². The van der Waals surface area contributed by atoms with Crippen molar-refractivity contribution < 1.29 is 4.52 Å². The lowest BCUT2D eigenvalue weighted by molar-refractivity contribution is 0.378. The quantitative estimate of drug-likeness (QED) is 0.896. The Morgan fingerprint density at radius 3 is 2.83 bits per heavy atom. The van der Waals surface area contributed by atoms with Crippen molar-refractivity contribution in [3.63, 3.8) is 0 Å². The van der Waals surface area contributed by atoms with Gasteiger partial charge in [0.25, 0.3) is 0 Å². The summed E-state index contributed by atoms with van der Waals surface area (Å²) in [6.07, 6.45) is 1.33. The minimum atomic E-state index is 0.0520. The van der Waals surface area contributed by atoms with Gasteiger partial charge in [0, 0.05) is 12.5 Å². The molecule has 0 saturated carbocycles. The van der Waals surface area contributed by atoms with Crippen LogP contribution < -0.4 is 5.73 Å². The Labute approximate surface area is 107 Å². The zero-order valence-corrected chi connectivity index (χ0v) is 11.1. The number of hydrogen-bond acceptors (Lipinski definition) is 4. The molecule has 4 nitrogen and oxygen atoms in total. The monoisotopic (exact) mass is 245 g/mol. The average Bonchev–Trinajstić information content (AvgIpc) is 2.70. The van der Waals surface area contributed by atoms with E-state index in [4.69, 9.17) is 10.3 Å². The van der Waals surface area contributed by atoms with Crippen molar-refractivity contribution in [2.24, 2.45) is 5.73 Å². The van der Waals surface area contributed by atoms with Crippen LogP contribution in [-0.4, -0.2) is 16.2 Å². The van der Waals surface area contributed by atoms with Crippen molar-refractivity contribution in [1.82, 2.24) is 10.1 Å². The lowest BCUT2D eigenvalue weighted by Crippen LogP contribution is -2.18. The van der Waals surface area contributed by atoms with Gasteiger partial charge in [-0.15, -0.1) is 0 Å². The van der Waals surface area contributed by atoms with Gasteiger partial charge in [0.05, 0.1) is 6.42 Å². The topological polar surface area (TPSA) is 64.9 Å². The highest BCUT2D eigenvalue weighted by Gasteiger charge is 2.10. The van der Waals surface area contributed by atoms with Crippen LogP contribution in [0.1, 0.15) is 35.3 Å². The van der Waals surface area contributed by atoms with Crippen LogP contribution in [0.2, 0.25) is 0 Å². The molecule has 0 amide bonds. The van der Waals surface area contributed by atoms with E-state index in [1.165, 1.54) is 16.7 Å². The molecule has 0 aliphatic carbocycles. The molecule has 1 aromatic carbocycles. The van der Waals surface area contributed by atoms with E-state index in [9.17, 15) is 0 Å². The van der Waals surface area contributed by atoms with Crippen molar-refractivity contribution in [3.05, 3.63) is 46.6 Å². The summed E-state index contributed by atoms with van der Waals surface area (Å²) in [6.45, 7) is 6.10. The normalized spacial score (nSPS) is 12.7. The summed E-state index contributed by atoms with van der Waals surface area (Å²) < 4.78 is 5.25. The molecular weight excluding hydrogens is 226 g/mol. The summed E-state index contributed by atoms with van der Waals surface area (Å²) in [4.78, 5) is 4.36. The smallest absolute Gasteiger partial charge is 0.231 e. The third-order valence-corrected chi connectivity index (χ3v) is 2.86. The van der Waals surface area contributed by atoms with Crippen molar-refractivity contribution in [1.29, 1.82) is 0 Å². The predicted octanol–water partition coefficient (Wildman–Crippen LogP) is 2.17. The molecule has 4 heteroatoms. The van der Waals surface area contributed by atoms with Gasteiger partial charge in [-0.3, -0.25) is 0 Å². The molecule has 18 heavy (non-hydrogen) atoms. The molecular formula is C14H19N3O. The maximum atomic E-state index is 5.71. The second-order valence-electron chi connectivity index (χ2n) is 4.89. The SMILES string of the molecule is Cc1ccc(C)c(Cc2nc(CC(C)N)no2)c1. The van der Waals surface area contributed by atoms with Crippen LogP contribution in [0, 0.1) is 13.8 Å². The van der Waals surface area contributed by atoms with E-state index in [1.807, 2.05) is 6.92 Å². The number of benzene rings is 1. The Kier molecular flexibility index (Phi) is 3.77. The predicted molar refractivity (Wildman–Crippen MR) is 70.4 cm³/mol. The molecule has 0 aliphatic rings. The molecule has 2 rings (SSSR count). The Balaban J connectivity index is 2.13. The van der Waals surface area contributed by atoms with E-state index in [0.29, 0.717) is 24.6 Å². The Morgan fingerprint density at radius 1 is 1.33 bits per heavy atom. The summed E-state index contributed by atoms with van der Waals surface area (Å²) in [6, 6.07) is 6.43. The van der Waals surface area contributed by atoms with Gasteiger partial charge in [-0.05, 0) is 31.9 Å². The first-order valence-electron chi connectivity index (χ1n) is 6.18. The summed E-state index contributed by atoms with van der Waals surface area (Å²) in [7, 11) is 0. The molecule has 0 fully saturated rings. The summed E-state index contributed by atoms with van der Waals surface area (Å²) in [5.74, 6) is 1.34. The molecule has 1 aromatic heterocycles. The molecule has 1 unspecified atom stereocenters. The van der Waals surface area contributed by atoms with Crippen LogP contribution in [0.15, 0.2) is 22.7 Å². The molecule has 1 heterocycles. The largest absolute Gasteiger partial charge is 0.339 e. The molecule has 0 aliphatic heterocycles. The van der Waals surface area contributed by atoms with Gasteiger partial charge in [0.1, 0.15) is 0 Å². The maximum absolute atomic E-state index is 5.71. The number of rotatable bonds is 4. The van der Waals surface area contributed by atoms with Crippen molar-refractivity contribution >= 4 is 0 Å². The average molecular weight is 245 g/mol. The fraction of sp³-hybridized carbons (Fsp3) is 0.429. The Morgan fingerprint density at radius 2 is 2.11 bits per heavy atom. The zero-order valence-electron chi connectivity index (χ0n) is 11.1. The highest BCUT2D eigenvalue weighted by molar-refractivity contribution is 5.32. The minimum absolute atomic E-state index is 0.0520. The summed E-state index contributed by atoms with van der Waals surface area (Å²) in [5.41, 5.74) is 9.42. The Hall–Kier alpha value is -1.68. The summed E-state index contributed by atoms with van der Waals surface area (Å²) >= 11 is 0. The number of nitrogens with zero attached hydrogens (tertiary/aromatic N) is 2. The first-order chi connectivity index (χ1) is 8.54. The van der Waals surface area contributed by atoms with Crippen LogP contribution in [0.5, 0.6) is 0 Å². The van der Waals surface area contributed by atoms with Gasteiger partial charge in [-0.25, -0.2) is 0 Å². The highest BCUT2D eigenvalue weighted by atomic mass is 16.5. The van der Waals surface area contributed by atoms with E-state index < -0.39 is 0 Å². The Bertz CT molecular complexity index is 532. The number of hydrogen-bond donors (Lipinski definition) is 1. The molecule has 0 saturated heterocycles. The molecule has 1 atom stereocenters. The highest BCUT2D eigenvalue weighted by Crippen LogP contribution is 2.15. The molecule has 0 spiro atoms. The van der Waals surface area contributed by atoms with Gasteiger partial charge >= 0.3 is 0 Å². The van der Waals surface area contributed by atoms with Gasteiger partial charge in [-0.2, -0.15) is 4.98 Å². The van der Waals surface area contributed by atoms with Crippen LogP contribution in [0.25, 0.3) is 0 Å².